The molecule has 0 bridgehead atoms. The predicted octanol–water partition coefficient (Wildman–Crippen LogP) is 3.80. The van der Waals surface area contributed by atoms with Crippen LogP contribution >= 0.6 is 27.5 Å². The van der Waals surface area contributed by atoms with Gasteiger partial charge in [0.05, 0.1) is 5.02 Å². The topological polar surface area (TPSA) is 34.1 Å². The Kier molecular flexibility index (Phi) is 5.19. The molecule has 5 heteroatoms. The summed E-state index contributed by atoms with van der Waals surface area (Å²) in [6.07, 6.45) is 3.33. The number of pyridine rings is 1. The van der Waals surface area contributed by atoms with Gasteiger partial charge in [-0.25, -0.2) is 0 Å². The van der Waals surface area contributed by atoms with E-state index in [1.54, 1.807) is 12.4 Å². The Hall–Kier alpha value is -1.10. The number of nitrogens with one attached hydrogen (secondary N) is 1. The number of ether oxygens (including phenoxy) is 1. The van der Waals surface area contributed by atoms with Crippen molar-refractivity contribution in [2.24, 2.45) is 0 Å². The van der Waals surface area contributed by atoms with Crippen LogP contribution in [0.4, 0.5) is 0 Å². The first-order valence-electron chi connectivity index (χ1n) is 5.85. The Bertz CT molecular complexity index is 563. The van der Waals surface area contributed by atoms with Crippen molar-refractivity contribution in [1.82, 2.24) is 10.3 Å². The summed E-state index contributed by atoms with van der Waals surface area (Å²) in [6.45, 7) is 1.18. The molecule has 0 unspecified atom stereocenters. The van der Waals surface area contributed by atoms with E-state index in [1.807, 2.05) is 31.3 Å². The first-order valence-corrected chi connectivity index (χ1v) is 7.02. The lowest BCUT2D eigenvalue weighted by atomic mass is 10.2. The molecular formula is C14H14BrClN2O. The average Bonchev–Trinajstić information content (AvgIpc) is 2.40. The van der Waals surface area contributed by atoms with Gasteiger partial charge >= 0.3 is 0 Å². The molecule has 0 atom stereocenters. The van der Waals surface area contributed by atoms with Crippen molar-refractivity contribution in [2.45, 2.75) is 13.2 Å². The van der Waals surface area contributed by atoms with Crippen molar-refractivity contribution in [3.05, 3.63) is 57.3 Å². The number of rotatable bonds is 5. The van der Waals surface area contributed by atoms with E-state index in [9.17, 15) is 0 Å². The van der Waals surface area contributed by atoms with E-state index in [4.69, 9.17) is 16.3 Å². The number of hydrogen-bond donors (Lipinski definition) is 1. The third-order valence-corrected chi connectivity index (χ3v) is 3.46. The summed E-state index contributed by atoms with van der Waals surface area (Å²) in [5, 5.41) is 3.74. The van der Waals surface area contributed by atoms with Gasteiger partial charge < -0.3 is 10.1 Å². The third-order valence-electron chi connectivity index (χ3n) is 2.63. The van der Waals surface area contributed by atoms with Gasteiger partial charge in [-0.3, -0.25) is 4.98 Å². The van der Waals surface area contributed by atoms with Crippen molar-refractivity contribution in [1.29, 1.82) is 0 Å². The predicted molar refractivity (Wildman–Crippen MR) is 80.5 cm³/mol. The van der Waals surface area contributed by atoms with Gasteiger partial charge in [0.2, 0.25) is 0 Å². The number of aromatic nitrogens is 1. The minimum absolute atomic E-state index is 0.430. The fourth-order valence-electron chi connectivity index (χ4n) is 1.69. The van der Waals surface area contributed by atoms with Crippen LogP contribution in [0.2, 0.25) is 5.02 Å². The fourth-order valence-corrected chi connectivity index (χ4v) is 2.28. The van der Waals surface area contributed by atoms with Gasteiger partial charge in [0.1, 0.15) is 12.4 Å². The van der Waals surface area contributed by atoms with E-state index in [1.165, 1.54) is 0 Å². The highest BCUT2D eigenvalue weighted by molar-refractivity contribution is 9.10. The highest BCUT2D eigenvalue weighted by atomic mass is 79.9. The average molecular weight is 342 g/mol. The molecule has 2 aromatic rings. The van der Waals surface area contributed by atoms with Crippen LogP contribution < -0.4 is 10.1 Å². The second kappa shape index (κ2) is 6.89. The Morgan fingerprint density at radius 3 is 2.89 bits per heavy atom. The summed E-state index contributed by atoms with van der Waals surface area (Å²) in [7, 11) is 1.91. The monoisotopic (exact) mass is 340 g/mol. The SMILES string of the molecule is CNCc1cc(Br)ccc1OCc1ccncc1Cl. The Labute approximate surface area is 126 Å². The van der Waals surface area contributed by atoms with E-state index in [2.05, 4.69) is 26.2 Å². The molecule has 1 heterocycles. The summed E-state index contributed by atoms with van der Waals surface area (Å²) in [4.78, 5) is 3.95. The molecule has 0 amide bonds. The van der Waals surface area contributed by atoms with Crippen LogP contribution in [0, 0.1) is 0 Å². The van der Waals surface area contributed by atoms with E-state index in [0.29, 0.717) is 11.6 Å². The Balaban J connectivity index is 2.13. The lowest BCUT2D eigenvalue weighted by molar-refractivity contribution is 0.302. The van der Waals surface area contributed by atoms with Crippen molar-refractivity contribution in [3.63, 3.8) is 0 Å². The summed E-state index contributed by atoms with van der Waals surface area (Å²) < 4.78 is 6.87. The first kappa shape index (κ1) is 14.3. The molecule has 0 aliphatic carbocycles. The molecule has 19 heavy (non-hydrogen) atoms. The number of nitrogens with zero attached hydrogens (tertiary/aromatic N) is 1. The lowest BCUT2D eigenvalue weighted by Gasteiger charge is -2.12. The van der Waals surface area contributed by atoms with Crippen molar-refractivity contribution in [2.75, 3.05) is 7.05 Å². The quantitative estimate of drug-likeness (QED) is 0.898. The van der Waals surface area contributed by atoms with Crippen LogP contribution in [0.5, 0.6) is 5.75 Å². The number of hydrogen-bond acceptors (Lipinski definition) is 3. The molecule has 0 saturated carbocycles. The second-order valence-electron chi connectivity index (χ2n) is 4.04. The zero-order chi connectivity index (χ0) is 13.7. The van der Waals surface area contributed by atoms with E-state index in [-0.39, 0.29) is 0 Å². The highest BCUT2D eigenvalue weighted by Gasteiger charge is 2.06. The molecule has 2 rings (SSSR count). The molecule has 3 nitrogen and oxygen atoms in total. The molecule has 0 fully saturated rings. The van der Waals surface area contributed by atoms with Crippen LogP contribution in [-0.2, 0) is 13.2 Å². The summed E-state index contributed by atoms with van der Waals surface area (Å²) in [5.74, 6) is 0.852. The van der Waals surface area contributed by atoms with Gasteiger partial charge in [-0.15, -0.1) is 0 Å². The van der Waals surface area contributed by atoms with E-state index >= 15 is 0 Å². The van der Waals surface area contributed by atoms with Crippen LogP contribution in [-0.4, -0.2) is 12.0 Å². The molecule has 1 N–H and O–H groups in total. The fraction of sp³-hybridized carbons (Fsp3) is 0.214. The summed E-state index contributed by atoms with van der Waals surface area (Å²) >= 11 is 9.52. The van der Waals surface area contributed by atoms with E-state index in [0.717, 1.165) is 27.9 Å². The third kappa shape index (κ3) is 3.93. The maximum Gasteiger partial charge on any atom is 0.124 e. The second-order valence-corrected chi connectivity index (χ2v) is 5.36. The smallest absolute Gasteiger partial charge is 0.124 e. The van der Waals surface area contributed by atoms with Gasteiger partial charge in [0.25, 0.3) is 0 Å². The lowest BCUT2D eigenvalue weighted by Crippen LogP contribution is -2.07. The van der Waals surface area contributed by atoms with Crippen LogP contribution in [0.15, 0.2) is 41.1 Å². The maximum absolute atomic E-state index is 6.05. The van der Waals surface area contributed by atoms with Gasteiger partial charge in [-0.1, -0.05) is 27.5 Å². The molecule has 1 aromatic carbocycles. The molecule has 0 saturated heterocycles. The van der Waals surface area contributed by atoms with Gasteiger partial charge in [-0.05, 0) is 31.3 Å². The van der Waals surface area contributed by atoms with Crippen molar-refractivity contribution >= 4 is 27.5 Å². The largest absolute Gasteiger partial charge is 0.489 e. The summed E-state index contributed by atoms with van der Waals surface area (Å²) in [6, 6.07) is 7.81. The van der Waals surface area contributed by atoms with Crippen LogP contribution in [0.25, 0.3) is 0 Å². The molecule has 1 aromatic heterocycles. The zero-order valence-electron chi connectivity index (χ0n) is 10.5. The molecule has 0 spiro atoms. The maximum atomic E-state index is 6.05. The minimum atomic E-state index is 0.430. The number of benzene rings is 1. The minimum Gasteiger partial charge on any atom is -0.489 e. The Morgan fingerprint density at radius 2 is 2.16 bits per heavy atom. The molecule has 0 aliphatic rings. The van der Waals surface area contributed by atoms with Crippen LogP contribution in [0.1, 0.15) is 11.1 Å². The van der Waals surface area contributed by atoms with Crippen molar-refractivity contribution < 1.29 is 4.74 Å². The number of halogens is 2. The standard InChI is InChI=1S/C14H14BrClN2O/c1-17-7-11-6-12(15)2-3-14(11)19-9-10-4-5-18-8-13(10)16/h2-6,8,17H,7,9H2,1H3. The van der Waals surface area contributed by atoms with Gasteiger partial charge in [0.15, 0.2) is 0 Å². The molecule has 100 valence electrons. The summed E-state index contributed by atoms with van der Waals surface area (Å²) in [5.41, 5.74) is 2.03. The zero-order valence-corrected chi connectivity index (χ0v) is 12.8. The Morgan fingerprint density at radius 1 is 1.32 bits per heavy atom. The van der Waals surface area contributed by atoms with E-state index < -0.39 is 0 Å². The normalized spacial score (nSPS) is 10.5. The van der Waals surface area contributed by atoms with Crippen LogP contribution in [0.3, 0.4) is 0 Å². The molecular weight excluding hydrogens is 328 g/mol. The first-order chi connectivity index (χ1) is 9.20. The van der Waals surface area contributed by atoms with Gasteiger partial charge in [-0.2, -0.15) is 0 Å². The van der Waals surface area contributed by atoms with Gasteiger partial charge in [0, 0.05) is 34.5 Å². The highest BCUT2D eigenvalue weighted by Crippen LogP contribution is 2.25. The molecule has 0 aliphatic heterocycles. The van der Waals surface area contributed by atoms with Crippen molar-refractivity contribution in [3.8, 4) is 5.75 Å². The molecule has 0 radical (unpaired) electrons.